The number of sulfone groups is 1. The molecule has 1 unspecified atom stereocenters. The Morgan fingerprint density at radius 1 is 1.15 bits per heavy atom. The number of hydrogen-bond acceptors (Lipinski definition) is 6. The number of fused-ring (bicyclic) bond motifs is 1. The highest BCUT2D eigenvalue weighted by Gasteiger charge is 2.27. The van der Waals surface area contributed by atoms with Gasteiger partial charge in [-0.2, -0.15) is 0 Å². The van der Waals surface area contributed by atoms with E-state index in [0.717, 1.165) is 22.8 Å². The summed E-state index contributed by atoms with van der Waals surface area (Å²) < 4.78 is 29.7. The van der Waals surface area contributed by atoms with Crippen LogP contribution in [0, 0.1) is 17.0 Å². The lowest BCUT2D eigenvalue weighted by Gasteiger charge is -2.15. The molecular formula is C18H18N2O5S. The minimum Gasteiger partial charge on any atom is -0.459 e. The van der Waals surface area contributed by atoms with E-state index >= 15 is 0 Å². The second kappa shape index (κ2) is 6.45. The summed E-state index contributed by atoms with van der Waals surface area (Å²) in [7, 11) is -3.74. The van der Waals surface area contributed by atoms with Gasteiger partial charge in [0.15, 0.2) is 9.84 Å². The first-order chi connectivity index (χ1) is 12.2. The highest BCUT2D eigenvalue weighted by Crippen LogP contribution is 2.36. The molecule has 1 N–H and O–H groups in total. The molecule has 0 radical (unpaired) electrons. The Morgan fingerprint density at radius 3 is 2.46 bits per heavy atom. The molecule has 0 saturated carbocycles. The van der Waals surface area contributed by atoms with Gasteiger partial charge in [-0.1, -0.05) is 24.3 Å². The first kappa shape index (κ1) is 17.9. The molecule has 0 bridgehead atoms. The number of para-hydroxylation sites is 2. The van der Waals surface area contributed by atoms with Crippen LogP contribution in [-0.4, -0.2) is 19.6 Å². The van der Waals surface area contributed by atoms with E-state index in [1.165, 1.54) is 18.2 Å². The molecule has 136 valence electrons. The predicted molar refractivity (Wildman–Crippen MR) is 99.2 cm³/mol. The van der Waals surface area contributed by atoms with Gasteiger partial charge in [0, 0.05) is 17.2 Å². The molecule has 1 heterocycles. The smallest absolute Gasteiger partial charge is 0.310 e. The van der Waals surface area contributed by atoms with E-state index in [2.05, 4.69) is 5.32 Å². The maximum Gasteiger partial charge on any atom is 0.310 e. The summed E-state index contributed by atoms with van der Waals surface area (Å²) in [4.78, 5) is 10.5. The summed E-state index contributed by atoms with van der Waals surface area (Å²) in [5, 5.41) is 15.5. The molecule has 26 heavy (non-hydrogen) atoms. The number of aryl methyl sites for hydroxylation is 1. The van der Waals surface area contributed by atoms with Crippen molar-refractivity contribution in [3.63, 3.8) is 0 Å². The number of nitro benzene ring substituents is 1. The topological polar surface area (TPSA) is 102 Å². The first-order valence-electron chi connectivity index (χ1n) is 7.92. The van der Waals surface area contributed by atoms with Crippen LogP contribution < -0.4 is 5.32 Å². The summed E-state index contributed by atoms with van der Waals surface area (Å²) in [6.45, 7) is 3.72. The van der Waals surface area contributed by atoms with Gasteiger partial charge < -0.3 is 9.73 Å². The first-order valence-corrected chi connectivity index (χ1v) is 9.81. The largest absolute Gasteiger partial charge is 0.459 e. The third-order valence-corrected chi connectivity index (χ3v) is 5.36. The molecule has 1 aromatic heterocycles. The highest BCUT2D eigenvalue weighted by molar-refractivity contribution is 7.90. The van der Waals surface area contributed by atoms with Crippen LogP contribution in [-0.2, 0) is 9.84 Å². The molecule has 3 rings (SSSR count). The molecule has 2 aromatic carbocycles. The second-order valence-electron chi connectivity index (χ2n) is 6.14. The average Bonchev–Trinajstić information content (AvgIpc) is 2.91. The Morgan fingerprint density at radius 2 is 1.85 bits per heavy atom. The Hall–Kier alpha value is -2.87. The Labute approximate surface area is 150 Å². The lowest BCUT2D eigenvalue weighted by atomic mass is 10.1. The fraction of sp³-hybridized carbons (Fsp3) is 0.222. The van der Waals surface area contributed by atoms with Gasteiger partial charge in [-0.3, -0.25) is 10.1 Å². The van der Waals surface area contributed by atoms with Crippen molar-refractivity contribution < 1.29 is 17.8 Å². The summed E-state index contributed by atoms with van der Waals surface area (Å²) in [6, 6.07) is 11.4. The molecule has 0 aliphatic carbocycles. The van der Waals surface area contributed by atoms with Crippen LogP contribution in [0.25, 0.3) is 11.0 Å². The van der Waals surface area contributed by atoms with Crippen LogP contribution in [0.1, 0.15) is 24.3 Å². The zero-order valence-electron chi connectivity index (χ0n) is 14.5. The van der Waals surface area contributed by atoms with Crippen molar-refractivity contribution in [3.8, 4) is 0 Å². The van der Waals surface area contributed by atoms with Gasteiger partial charge in [0.2, 0.25) is 0 Å². The van der Waals surface area contributed by atoms with E-state index in [0.29, 0.717) is 5.76 Å². The maximum absolute atomic E-state index is 11.9. The fourth-order valence-corrected chi connectivity index (χ4v) is 3.89. The number of nitrogens with zero attached hydrogens (tertiary/aromatic N) is 1. The molecule has 3 aromatic rings. The molecule has 0 fully saturated rings. The average molecular weight is 374 g/mol. The summed E-state index contributed by atoms with van der Waals surface area (Å²) >= 11 is 0. The molecule has 0 saturated heterocycles. The quantitative estimate of drug-likeness (QED) is 0.530. The molecule has 0 spiro atoms. The number of benzene rings is 2. The van der Waals surface area contributed by atoms with Crippen molar-refractivity contribution >= 4 is 32.2 Å². The molecule has 0 amide bonds. The summed E-state index contributed by atoms with van der Waals surface area (Å²) in [6.07, 6.45) is 0.950. The van der Waals surface area contributed by atoms with Gasteiger partial charge in [-0.05, 0) is 32.0 Å². The predicted octanol–water partition coefficient (Wildman–Crippen LogP) is 4.23. The van der Waals surface area contributed by atoms with Crippen molar-refractivity contribution in [1.82, 2.24) is 0 Å². The minimum atomic E-state index is -3.74. The number of nitro groups is 1. The van der Waals surface area contributed by atoms with Gasteiger partial charge in [-0.25, -0.2) is 8.42 Å². The van der Waals surface area contributed by atoms with E-state index in [9.17, 15) is 18.5 Å². The van der Waals surface area contributed by atoms with E-state index in [1.54, 1.807) is 0 Å². The summed E-state index contributed by atoms with van der Waals surface area (Å²) in [5.41, 5.74) is 1.33. The van der Waals surface area contributed by atoms with Crippen molar-refractivity contribution in [2.45, 2.75) is 24.8 Å². The minimum absolute atomic E-state index is 0.130. The molecular weight excluding hydrogens is 356 g/mol. The van der Waals surface area contributed by atoms with Crippen molar-refractivity contribution in [2.24, 2.45) is 0 Å². The Kier molecular flexibility index (Phi) is 4.45. The number of nitrogens with one attached hydrogen (secondary N) is 1. The van der Waals surface area contributed by atoms with E-state index in [-0.39, 0.29) is 10.6 Å². The molecule has 7 nitrogen and oxygen atoms in total. The van der Waals surface area contributed by atoms with Crippen LogP contribution in [0.2, 0.25) is 0 Å². The Balaban J connectivity index is 2.05. The molecule has 0 aliphatic heterocycles. The Bertz CT molecular complexity index is 1100. The normalized spacial score (nSPS) is 12.9. The number of furan rings is 1. The number of rotatable bonds is 5. The van der Waals surface area contributed by atoms with Gasteiger partial charge in [-0.15, -0.1) is 0 Å². The van der Waals surface area contributed by atoms with Crippen LogP contribution in [0.15, 0.2) is 51.8 Å². The van der Waals surface area contributed by atoms with E-state index in [4.69, 9.17) is 4.42 Å². The second-order valence-corrected chi connectivity index (χ2v) is 8.12. The molecule has 1 atom stereocenters. The lowest BCUT2D eigenvalue weighted by molar-refractivity contribution is -0.386. The zero-order chi connectivity index (χ0) is 19.1. The van der Waals surface area contributed by atoms with Gasteiger partial charge in [0.05, 0.1) is 11.0 Å². The van der Waals surface area contributed by atoms with Crippen LogP contribution in [0.3, 0.4) is 0 Å². The highest BCUT2D eigenvalue weighted by atomic mass is 32.2. The van der Waals surface area contributed by atoms with E-state index < -0.39 is 26.5 Å². The van der Waals surface area contributed by atoms with Crippen LogP contribution in [0.4, 0.5) is 11.4 Å². The van der Waals surface area contributed by atoms with Gasteiger partial charge in [0.25, 0.3) is 0 Å². The third-order valence-electron chi connectivity index (χ3n) is 4.23. The SMILES string of the molecule is Cc1c(C(C)Nc2cccc(S(C)(=O)=O)c2[N+](=O)[O-])oc2ccccc12. The fourth-order valence-electron chi connectivity index (χ4n) is 3.03. The van der Waals surface area contributed by atoms with Crippen LogP contribution >= 0.6 is 0 Å². The zero-order valence-corrected chi connectivity index (χ0v) is 15.3. The summed E-state index contributed by atoms with van der Waals surface area (Å²) in [5.74, 6) is 0.644. The number of anilines is 1. The van der Waals surface area contributed by atoms with Crippen molar-refractivity contribution in [3.05, 3.63) is 63.9 Å². The van der Waals surface area contributed by atoms with Crippen molar-refractivity contribution in [1.29, 1.82) is 0 Å². The van der Waals surface area contributed by atoms with Gasteiger partial charge >= 0.3 is 5.69 Å². The molecule has 0 aliphatic rings. The number of hydrogen-bond donors (Lipinski definition) is 1. The van der Waals surface area contributed by atoms with Crippen molar-refractivity contribution in [2.75, 3.05) is 11.6 Å². The third kappa shape index (κ3) is 3.15. The monoisotopic (exact) mass is 374 g/mol. The maximum atomic E-state index is 11.9. The lowest BCUT2D eigenvalue weighted by Crippen LogP contribution is -2.11. The van der Waals surface area contributed by atoms with Crippen LogP contribution in [0.5, 0.6) is 0 Å². The van der Waals surface area contributed by atoms with E-state index in [1.807, 2.05) is 38.1 Å². The van der Waals surface area contributed by atoms with Gasteiger partial charge in [0.1, 0.15) is 21.9 Å². The molecule has 8 heteroatoms. The standard InChI is InChI=1S/C18H18N2O5S/c1-11-13-7-4-5-9-15(13)25-18(11)12(2)19-14-8-6-10-16(26(3,23)24)17(14)20(21)22/h4-10,12,19H,1-3H3.